The second kappa shape index (κ2) is 5.83. The average molecular weight is 290 g/mol. The molecule has 2 aromatic rings. The lowest BCUT2D eigenvalue weighted by Gasteiger charge is -2.06. The quantitative estimate of drug-likeness (QED) is 0.531. The Balaban J connectivity index is 2.30. The number of sulfone groups is 1. The van der Waals surface area contributed by atoms with Crippen molar-refractivity contribution in [3.05, 3.63) is 59.9 Å². The summed E-state index contributed by atoms with van der Waals surface area (Å²) in [6.07, 6.45) is 3.02. The lowest BCUT2D eigenvalue weighted by Crippen LogP contribution is -2.17. The van der Waals surface area contributed by atoms with E-state index in [-0.39, 0.29) is 16.4 Å². The van der Waals surface area contributed by atoms with Crippen LogP contribution in [-0.2, 0) is 9.84 Å². The van der Waals surface area contributed by atoms with Gasteiger partial charge in [0, 0.05) is 18.0 Å². The molecular weight excluding hydrogens is 276 g/mol. The van der Waals surface area contributed by atoms with E-state index in [1.54, 1.807) is 42.6 Å². The van der Waals surface area contributed by atoms with E-state index in [4.69, 9.17) is 5.21 Å². The Morgan fingerprint density at radius 1 is 1.25 bits per heavy atom. The van der Waals surface area contributed by atoms with Crippen molar-refractivity contribution in [2.24, 2.45) is 5.16 Å². The molecule has 0 saturated heterocycles. The van der Waals surface area contributed by atoms with Gasteiger partial charge in [-0.05, 0) is 31.2 Å². The molecule has 1 N–H and O–H groups in total. The molecule has 1 aromatic heterocycles. The van der Waals surface area contributed by atoms with Crippen LogP contribution in [0.25, 0.3) is 0 Å². The highest BCUT2D eigenvalue weighted by atomic mass is 32.2. The maximum absolute atomic E-state index is 12.3. The molecule has 0 unspecified atom stereocenters. The van der Waals surface area contributed by atoms with Gasteiger partial charge in [-0.25, -0.2) is 8.42 Å². The van der Waals surface area contributed by atoms with E-state index in [9.17, 15) is 8.42 Å². The van der Waals surface area contributed by atoms with Crippen molar-refractivity contribution in [3.8, 4) is 0 Å². The van der Waals surface area contributed by atoms with Gasteiger partial charge >= 0.3 is 0 Å². The maximum Gasteiger partial charge on any atom is 0.184 e. The lowest BCUT2D eigenvalue weighted by molar-refractivity contribution is 0.319. The molecule has 2 rings (SSSR count). The van der Waals surface area contributed by atoms with E-state index in [0.717, 1.165) is 5.56 Å². The fourth-order valence-corrected chi connectivity index (χ4v) is 3.01. The van der Waals surface area contributed by atoms with Crippen LogP contribution >= 0.6 is 0 Å². The summed E-state index contributed by atoms with van der Waals surface area (Å²) in [6.45, 7) is 1.88. The largest absolute Gasteiger partial charge is 0.411 e. The summed E-state index contributed by atoms with van der Waals surface area (Å²) in [5.41, 5.74) is 1.52. The van der Waals surface area contributed by atoms with Gasteiger partial charge in [0.2, 0.25) is 0 Å². The number of oxime groups is 1. The zero-order valence-electron chi connectivity index (χ0n) is 10.9. The molecule has 1 aromatic carbocycles. The zero-order chi connectivity index (χ0) is 14.6. The number of benzene rings is 1. The summed E-state index contributed by atoms with van der Waals surface area (Å²) in [5, 5.41) is 12.1. The van der Waals surface area contributed by atoms with Crippen molar-refractivity contribution < 1.29 is 13.6 Å². The van der Waals surface area contributed by atoms with Crippen molar-refractivity contribution >= 4 is 15.5 Å². The van der Waals surface area contributed by atoms with Gasteiger partial charge in [0.1, 0.15) is 11.5 Å². The Hall–Kier alpha value is -2.21. The number of pyridine rings is 1. The molecule has 0 aliphatic rings. The Labute approximate surface area is 117 Å². The molecule has 6 heteroatoms. The summed E-state index contributed by atoms with van der Waals surface area (Å²) < 4.78 is 24.5. The van der Waals surface area contributed by atoms with Crippen molar-refractivity contribution in [2.45, 2.75) is 11.8 Å². The number of rotatable bonds is 4. The Morgan fingerprint density at radius 2 is 1.95 bits per heavy atom. The number of aryl methyl sites for hydroxylation is 1. The molecule has 0 amide bonds. The first-order chi connectivity index (χ1) is 9.53. The molecule has 0 spiro atoms. The Morgan fingerprint density at radius 3 is 2.50 bits per heavy atom. The summed E-state index contributed by atoms with van der Waals surface area (Å²) in [4.78, 5) is 4.08. The van der Waals surface area contributed by atoms with Crippen LogP contribution in [-0.4, -0.2) is 30.1 Å². The third-order valence-corrected chi connectivity index (χ3v) is 4.47. The minimum Gasteiger partial charge on any atom is -0.411 e. The highest BCUT2D eigenvalue weighted by Crippen LogP contribution is 2.14. The third kappa shape index (κ3) is 3.21. The zero-order valence-corrected chi connectivity index (χ0v) is 11.7. The van der Waals surface area contributed by atoms with E-state index in [1.165, 1.54) is 6.20 Å². The van der Waals surface area contributed by atoms with Crippen molar-refractivity contribution in [2.75, 3.05) is 5.75 Å². The standard InChI is InChI=1S/C14H14N2O3S/c1-11-4-6-13(7-5-11)20(18,19)10-14(16-17)12-3-2-8-15-9-12/h2-9,17H,10H2,1H3. The molecule has 0 radical (unpaired) electrons. The van der Waals surface area contributed by atoms with E-state index < -0.39 is 9.84 Å². The number of hydrogen-bond donors (Lipinski definition) is 1. The van der Waals surface area contributed by atoms with E-state index in [2.05, 4.69) is 10.1 Å². The van der Waals surface area contributed by atoms with E-state index >= 15 is 0 Å². The van der Waals surface area contributed by atoms with Gasteiger partial charge in [-0.15, -0.1) is 0 Å². The monoisotopic (exact) mass is 290 g/mol. The van der Waals surface area contributed by atoms with Crippen molar-refractivity contribution in [3.63, 3.8) is 0 Å². The summed E-state index contributed by atoms with van der Waals surface area (Å²) >= 11 is 0. The van der Waals surface area contributed by atoms with Crippen molar-refractivity contribution in [1.82, 2.24) is 4.98 Å². The van der Waals surface area contributed by atoms with Crippen LogP contribution in [0, 0.1) is 6.92 Å². The van der Waals surface area contributed by atoms with Gasteiger partial charge in [0.25, 0.3) is 0 Å². The third-order valence-electron chi connectivity index (χ3n) is 2.82. The lowest BCUT2D eigenvalue weighted by atomic mass is 10.2. The fraction of sp³-hybridized carbons (Fsp3) is 0.143. The minimum absolute atomic E-state index is 0.0682. The van der Waals surface area contributed by atoms with Crippen LogP contribution in [0.5, 0.6) is 0 Å². The predicted octanol–water partition coefficient (Wildman–Crippen LogP) is 2.04. The SMILES string of the molecule is Cc1ccc(S(=O)(=O)CC(=NO)c2cccnc2)cc1. The summed E-state index contributed by atoms with van der Waals surface area (Å²) in [5.74, 6) is -0.377. The topological polar surface area (TPSA) is 79.6 Å². The molecule has 0 fully saturated rings. The van der Waals surface area contributed by atoms with E-state index in [0.29, 0.717) is 5.56 Å². The predicted molar refractivity (Wildman–Crippen MR) is 75.8 cm³/mol. The first-order valence-electron chi connectivity index (χ1n) is 5.94. The van der Waals surface area contributed by atoms with E-state index in [1.807, 2.05) is 6.92 Å². The Kier molecular flexibility index (Phi) is 4.14. The second-order valence-electron chi connectivity index (χ2n) is 4.36. The van der Waals surface area contributed by atoms with Gasteiger partial charge in [-0.1, -0.05) is 22.9 Å². The molecule has 0 aliphatic carbocycles. The number of aromatic nitrogens is 1. The summed E-state index contributed by atoms with van der Waals surface area (Å²) in [6, 6.07) is 9.84. The fourth-order valence-electron chi connectivity index (χ4n) is 1.71. The van der Waals surface area contributed by atoms with Crippen LogP contribution in [0.15, 0.2) is 58.8 Å². The highest BCUT2D eigenvalue weighted by Gasteiger charge is 2.19. The van der Waals surface area contributed by atoms with Crippen LogP contribution in [0.2, 0.25) is 0 Å². The second-order valence-corrected chi connectivity index (χ2v) is 6.35. The molecule has 20 heavy (non-hydrogen) atoms. The van der Waals surface area contributed by atoms with Gasteiger partial charge in [0.05, 0.1) is 4.90 Å². The number of hydrogen-bond acceptors (Lipinski definition) is 5. The molecule has 0 atom stereocenters. The minimum atomic E-state index is -3.56. The maximum atomic E-state index is 12.3. The van der Waals surface area contributed by atoms with Crippen LogP contribution < -0.4 is 0 Å². The average Bonchev–Trinajstić information content (AvgIpc) is 2.46. The van der Waals surface area contributed by atoms with Gasteiger partial charge in [-0.3, -0.25) is 4.98 Å². The molecule has 0 aliphatic heterocycles. The first kappa shape index (κ1) is 14.2. The normalized spacial score (nSPS) is 12.3. The molecule has 104 valence electrons. The van der Waals surface area contributed by atoms with Gasteiger partial charge in [-0.2, -0.15) is 0 Å². The molecule has 1 heterocycles. The van der Waals surface area contributed by atoms with Crippen LogP contribution in [0.4, 0.5) is 0 Å². The smallest absolute Gasteiger partial charge is 0.184 e. The number of nitrogens with zero attached hydrogens (tertiary/aromatic N) is 2. The first-order valence-corrected chi connectivity index (χ1v) is 7.59. The van der Waals surface area contributed by atoms with Crippen LogP contribution in [0.3, 0.4) is 0 Å². The molecule has 0 saturated carbocycles. The van der Waals surface area contributed by atoms with Gasteiger partial charge < -0.3 is 5.21 Å². The summed E-state index contributed by atoms with van der Waals surface area (Å²) in [7, 11) is -3.56. The Bertz CT molecular complexity index is 708. The molecule has 5 nitrogen and oxygen atoms in total. The highest BCUT2D eigenvalue weighted by molar-refractivity contribution is 7.92. The molecular formula is C14H14N2O3S. The molecule has 0 bridgehead atoms. The van der Waals surface area contributed by atoms with Crippen LogP contribution in [0.1, 0.15) is 11.1 Å². The van der Waals surface area contributed by atoms with Crippen molar-refractivity contribution in [1.29, 1.82) is 0 Å². The van der Waals surface area contributed by atoms with Gasteiger partial charge in [0.15, 0.2) is 9.84 Å².